The van der Waals surface area contributed by atoms with Crippen molar-refractivity contribution in [3.63, 3.8) is 0 Å². The Morgan fingerprint density at radius 3 is 2.34 bits per heavy atom. The van der Waals surface area contributed by atoms with E-state index in [0.29, 0.717) is 11.3 Å². The number of nitriles is 1. The maximum Gasteiger partial charge on any atom is 0.416 e. The molecule has 1 fully saturated rings. The molecular formula is C32H32F5N3O6S. The Balaban J connectivity index is 1.53. The van der Waals surface area contributed by atoms with Crippen LogP contribution >= 0.6 is 0 Å². The summed E-state index contributed by atoms with van der Waals surface area (Å²) in [5, 5.41) is 12.1. The molecule has 1 heterocycles. The van der Waals surface area contributed by atoms with Gasteiger partial charge in [0.05, 0.1) is 66.7 Å². The summed E-state index contributed by atoms with van der Waals surface area (Å²) >= 11 is 0. The predicted molar refractivity (Wildman–Crippen MR) is 161 cm³/mol. The Labute approximate surface area is 268 Å². The van der Waals surface area contributed by atoms with Gasteiger partial charge in [-0.1, -0.05) is 19.1 Å². The van der Waals surface area contributed by atoms with Crippen LogP contribution in [0.4, 0.5) is 27.6 Å². The second-order valence-corrected chi connectivity index (χ2v) is 12.9. The Kier molecular flexibility index (Phi) is 11.3. The van der Waals surface area contributed by atoms with Gasteiger partial charge in [0.1, 0.15) is 17.6 Å². The summed E-state index contributed by atoms with van der Waals surface area (Å²) in [6.07, 6.45) is -5.01. The third-order valence-electron chi connectivity index (χ3n) is 7.65. The van der Waals surface area contributed by atoms with E-state index in [-0.39, 0.29) is 53.7 Å². The minimum Gasteiger partial charge on any atom is -0.495 e. The molecule has 1 N–H and O–H groups in total. The number of sulfone groups is 1. The second-order valence-electron chi connectivity index (χ2n) is 10.6. The van der Waals surface area contributed by atoms with Gasteiger partial charge in [-0.15, -0.1) is 0 Å². The van der Waals surface area contributed by atoms with E-state index in [9.17, 15) is 40.4 Å². The van der Waals surface area contributed by atoms with Gasteiger partial charge in [0.25, 0.3) is 5.91 Å². The number of ether oxygens (including phenoxy) is 3. The van der Waals surface area contributed by atoms with Crippen molar-refractivity contribution in [1.29, 1.82) is 5.26 Å². The minimum absolute atomic E-state index is 0.0766. The molecule has 1 aliphatic rings. The second kappa shape index (κ2) is 15.0. The molecule has 0 aliphatic carbocycles. The van der Waals surface area contributed by atoms with Crippen molar-refractivity contribution >= 4 is 21.4 Å². The number of nitrogens with one attached hydrogen (secondary N) is 1. The molecule has 3 aromatic carbocycles. The number of carbonyl (C=O) groups is 1. The fourth-order valence-electron chi connectivity index (χ4n) is 5.23. The van der Waals surface area contributed by atoms with Crippen LogP contribution in [0.15, 0.2) is 71.6 Å². The van der Waals surface area contributed by atoms with Gasteiger partial charge in [-0.25, -0.2) is 8.42 Å². The van der Waals surface area contributed by atoms with E-state index in [4.69, 9.17) is 9.47 Å². The van der Waals surface area contributed by atoms with E-state index >= 15 is 0 Å². The summed E-state index contributed by atoms with van der Waals surface area (Å²) in [5.74, 6) is -0.234. The highest BCUT2D eigenvalue weighted by atomic mass is 32.2. The number of amides is 1. The molecule has 0 unspecified atom stereocenters. The third-order valence-corrected chi connectivity index (χ3v) is 9.40. The van der Waals surface area contributed by atoms with E-state index in [0.717, 1.165) is 12.1 Å². The van der Waals surface area contributed by atoms with Crippen LogP contribution in [-0.4, -0.2) is 59.1 Å². The molecule has 3 aromatic rings. The molecule has 47 heavy (non-hydrogen) atoms. The molecule has 1 saturated heterocycles. The molecule has 4 rings (SSSR count). The van der Waals surface area contributed by atoms with Crippen molar-refractivity contribution in [2.24, 2.45) is 0 Å². The molecule has 0 radical (unpaired) electrons. The first kappa shape index (κ1) is 35.4. The van der Waals surface area contributed by atoms with Crippen molar-refractivity contribution in [2.75, 3.05) is 30.9 Å². The van der Waals surface area contributed by atoms with E-state index < -0.39 is 52.3 Å². The molecule has 9 nitrogen and oxygen atoms in total. The van der Waals surface area contributed by atoms with Gasteiger partial charge in [0.2, 0.25) is 0 Å². The summed E-state index contributed by atoms with van der Waals surface area (Å²) < 4.78 is 105. The average Bonchev–Trinajstić information content (AvgIpc) is 3.45. The Morgan fingerprint density at radius 2 is 1.77 bits per heavy atom. The SMILES string of the molecule is CCS(=O)(=O)c1ccc([C@H](CC#N)NC(=O)c2ccc(N3C[C@@H](Oc4ccc(C(F)(F)F)cc4)C[C@H]3COC(F)F)c(OC)c2)cc1. The number of hydrogen-bond acceptors (Lipinski definition) is 8. The molecule has 0 aromatic heterocycles. The number of anilines is 1. The summed E-state index contributed by atoms with van der Waals surface area (Å²) in [6.45, 7) is -1.75. The van der Waals surface area contributed by atoms with Gasteiger partial charge in [-0.05, 0) is 60.2 Å². The quantitative estimate of drug-likeness (QED) is 0.213. The lowest BCUT2D eigenvalue weighted by Gasteiger charge is -2.28. The molecule has 252 valence electrons. The van der Waals surface area contributed by atoms with E-state index in [1.807, 2.05) is 6.07 Å². The number of alkyl halides is 5. The topological polar surface area (TPSA) is 118 Å². The summed E-state index contributed by atoms with van der Waals surface area (Å²) in [5.41, 5.74) is 0.286. The number of nitrogens with zero attached hydrogens (tertiary/aromatic N) is 2. The van der Waals surface area contributed by atoms with Crippen molar-refractivity contribution in [1.82, 2.24) is 5.32 Å². The first-order valence-electron chi connectivity index (χ1n) is 14.4. The van der Waals surface area contributed by atoms with E-state index in [1.165, 1.54) is 62.6 Å². The van der Waals surface area contributed by atoms with Crippen molar-refractivity contribution in [3.8, 4) is 17.6 Å². The Bertz CT molecular complexity index is 1680. The van der Waals surface area contributed by atoms with Gasteiger partial charge in [-0.2, -0.15) is 27.2 Å². The maximum atomic E-state index is 13.3. The average molecular weight is 682 g/mol. The normalized spacial score (nSPS) is 17.3. The fourth-order valence-corrected chi connectivity index (χ4v) is 6.11. The molecule has 1 aliphatic heterocycles. The Hall–Kier alpha value is -4.42. The summed E-state index contributed by atoms with van der Waals surface area (Å²) in [6, 6.07) is 15.2. The zero-order chi connectivity index (χ0) is 34.4. The molecular weight excluding hydrogens is 649 g/mol. The van der Waals surface area contributed by atoms with Crippen molar-refractivity contribution in [2.45, 2.75) is 55.6 Å². The predicted octanol–water partition coefficient (Wildman–Crippen LogP) is 6.16. The number of benzene rings is 3. The highest BCUT2D eigenvalue weighted by molar-refractivity contribution is 7.91. The third kappa shape index (κ3) is 8.89. The van der Waals surface area contributed by atoms with Crippen LogP contribution in [0.3, 0.4) is 0 Å². The molecule has 15 heteroatoms. The van der Waals surface area contributed by atoms with Gasteiger partial charge < -0.3 is 24.4 Å². The summed E-state index contributed by atoms with van der Waals surface area (Å²) in [7, 11) is -2.07. The number of hydrogen-bond donors (Lipinski definition) is 1. The number of rotatable bonds is 13. The van der Waals surface area contributed by atoms with Crippen LogP contribution in [0.5, 0.6) is 11.5 Å². The lowest BCUT2D eigenvalue weighted by atomic mass is 10.0. The van der Waals surface area contributed by atoms with E-state index in [1.54, 1.807) is 11.0 Å². The summed E-state index contributed by atoms with van der Waals surface area (Å²) in [4.78, 5) is 15.1. The minimum atomic E-state index is -4.51. The molecule has 3 atom stereocenters. The van der Waals surface area contributed by atoms with E-state index in [2.05, 4.69) is 10.1 Å². The standard InChI is InChI=1S/C32H32F5N3O6S/c1-3-47(42,43)26-11-4-20(5-12-26)27(14-15-38)39-30(41)21-6-13-28(29(16-21)44-2)40-18-25(17-23(40)19-45-31(33)34)46-24-9-7-22(8-10-24)32(35,36)37/h4-13,16,23,25,27,31H,3,14,17-19H2,1-2H3,(H,39,41)/t23-,25-,27-/m0/s1. The molecule has 0 bridgehead atoms. The lowest BCUT2D eigenvalue weighted by molar-refractivity contribution is -0.137. The van der Waals surface area contributed by atoms with Gasteiger partial charge in [0.15, 0.2) is 9.84 Å². The van der Waals surface area contributed by atoms with Crippen LogP contribution in [0.2, 0.25) is 0 Å². The van der Waals surface area contributed by atoms with Crippen molar-refractivity contribution < 1.29 is 49.4 Å². The van der Waals surface area contributed by atoms with Crippen LogP contribution in [0.1, 0.15) is 47.3 Å². The van der Waals surface area contributed by atoms with Crippen LogP contribution in [-0.2, 0) is 20.8 Å². The molecule has 0 saturated carbocycles. The molecule has 1 amide bonds. The van der Waals surface area contributed by atoms with Gasteiger partial charge in [-0.3, -0.25) is 4.79 Å². The first-order chi connectivity index (χ1) is 22.2. The van der Waals surface area contributed by atoms with Gasteiger partial charge >= 0.3 is 12.8 Å². The zero-order valence-electron chi connectivity index (χ0n) is 25.3. The smallest absolute Gasteiger partial charge is 0.416 e. The maximum absolute atomic E-state index is 13.3. The Morgan fingerprint density at radius 1 is 1.09 bits per heavy atom. The monoisotopic (exact) mass is 681 g/mol. The van der Waals surface area contributed by atoms with Gasteiger partial charge in [0, 0.05) is 12.0 Å². The highest BCUT2D eigenvalue weighted by Crippen LogP contribution is 2.37. The lowest BCUT2D eigenvalue weighted by Crippen LogP contribution is -2.34. The number of methoxy groups -OCH3 is 1. The van der Waals surface area contributed by atoms with Crippen LogP contribution in [0, 0.1) is 11.3 Å². The largest absolute Gasteiger partial charge is 0.495 e. The van der Waals surface area contributed by atoms with Crippen LogP contribution in [0.25, 0.3) is 0 Å². The zero-order valence-corrected chi connectivity index (χ0v) is 26.2. The number of carbonyl (C=O) groups excluding carboxylic acids is 1. The first-order valence-corrected chi connectivity index (χ1v) is 16.1. The highest BCUT2D eigenvalue weighted by Gasteiger charge is 2.36. The van der Waals surface area contributed by atoms with Crippen LogP contribution < -0.4 is 19.7 Å². The fraction of sp³-hybridized carbons (Fsp3) is 0.375. The molecule has 0 spiro atoms. The number of halogens is 5. The van der Waals surface area contributed by atoms with Crippen molar-refractivity contribution in [3.05, 3.63) is 83.4 Å².